The molecule has 0 radical (unpaired) electrons. The lowest BCUT2D eigenvalue weighted by atomic mass is 10.1. The minimum absolute atomic E-state index is 0.0121. The highest BCUT2D eigenvalue weighted by Crippen LogP contribution is 2.19. The molecule has 2 aromatic rings. The summed E-state index contributed by atoms with van der Waals surface area (Å²) < 4.78 is 0. The molecule has 6 heteroatoms. The number of benzene rings is 2. The predicted octanol–water partition coefficient (Wildman–Crippen LogP) is 2.27. The quantitative estimate of drug-likeness (QED) is 0.775. The van der Waals surface area contributed by atoms with Crippen molar-refractivity contribution in [3.63, 3.8) is 0 Å². The molecule has 0 unspecified atom stereocenters. The number of piperazine rings is 1. The summed E-state index contributed by atoms with van der Waals surface area (Å²) in [4.78, 5) is 27.7. The zero-order chi connectivity index (χ0) is 19.4. The van der Waals surface area contributed by atoms with Crippen LogP contribution in [0.15, 0.2) is 48.5 Å². The van der Waals surface area contributed by atoms with Crippen LogP contribution in [0.2, 0.25) is 5.02 Å². The molecule has 0 saturated carbocycles. The van der Waals surface area contributed by atoms with Crippen LogP contribution in [0.25, 0.3) is 0 Å². The van der Waals surface area contributed by atoms with Crippen molar-refractivity contribution in [1.82, 2.24) is 0 Å². The molecule has 0 aromatic heterocycles. The highest BCUT2D eigenvalue weighted by molar-refractivity contribution is 6.30. The third kappa shape index (κ3) is 4.87. The first-order valence-electron chi connectivity index (χ1n) is 9.21. The molecule has 2 aromatic carbocycles. The first kappa shape index (κ1) is 19.4. The van der Waals surface area contributed by atoms with Crippen molar-refractivity contribution in [2.45, 2.75) is 19.9 Å². The fourth-order valence-electron chi connectivity index (χ4n) is 3.41. The minimum atomic E-state index is -0.160. The number of nitrogens with one attached hydrogen (secondary N) is 2. The second kappa shape index (κ2) is 8.55. The zero-order valence-electron chi connectivity index (χ0n) is 15.7. The molecular weight excluding hydrogens is 362 g/mol. The maximum atomic E-state index is 12.6. The number of carbonyl (C=O) groups excluding carboxylic acids is 2. The Morgan fingerprint density at radius 1 is 1.11 bits per heavy atom. The first-order valence-corrected chi connectivity index (χ1v) is 9.59. The summed E-state index contributed by atoms with van der Waals surface area (Å²) in [5.74, 6) is -0.0381. The minimum Gasteiger partial charge on any atom is -0.360 e. The van der Waals surface area contributed by atoms with Crippen LogP contribution in [0.4, 0.5) is 11.4 Å². The molecule has 1 saturated heterocycles. The number of anilines is 2. The van der Waals surface area contributed by atoms with Gasteiger partial charge in [-0.3, -0.25) is 9.59 Å². The molecule has 1 amide bonds. The topological polar surface area (TPSA) is 53.9 Å². The van der Waals surface area contributed by atoms with E-state index >= 15 is 0 Å². The van der Waals surface area contributed by atoms with Crippen LogP contribution in [0.1, 0.15) is 24.2 Å². The van der Waals surface area contributed by atoms with E-state index in [1.807, 2.05) is 31.2 Å². The number of halogens is 1. The molecule has 0 spiro atoms. The molecule has 1 atom stereocenters. The summed E-state index contributed by atoms with van der Waals surface area (Å²) >= 11 is 6.09. The van der Waals surface area contributed by atoms with Crippen LogP contribution < -0.4 is 15.1 Å². The van der Waals surface area contributed by atoms with Crippen LogP contribution in [-0.4, -0.2) is 43.9 Å². The zero-order valence-corrected chi connectivity index (χ0v) is 16.4. The number of Topliss-reactive ketones (excluding diaryl/α,β-unsaturated/α-hetero) is 1. The maximum Gasteiger partial charge on any atom is 0.282 e. The smallest absolute Gasteiger partial charge is 0.282 e. The summed E-state index contributed by atoms with van der Waals surface area (Å²) in [7, 11) is 0. The van der Waals surface area contributed by atoms with E-state index in [1.54, 1.807) is 18.2 Å². The summed E-state index contributed by atoms with van der Waals surface area (Å²) in [6.07, 6.45) is 0. The van der Waals surface area contributed by atoms with Gasteiger partial charge in [-0.2, -0.15) is 0 Å². The summed E-state index contributed by atoms with van der Waals surface area (Å²) in [5, 5.41) is 3.68. The highest BCUT2D eigenvalue weighted by atomic mass is 35.5. The Morgan fingerprint density at radius 3 is 2.48 bits per heavy atom. The van der Waals surface area contributed by atoms with Crippen LogP contribution in [0, 0.1) is 0 Å². The van der Waals surface area contributed by atoms with Crippen LogP contribution in [0.5, 0.6) is 0 Å². The van der Waals surface area contributed by atoms with Gasteiger partial charge in [0.1, 0.15) is 0 Å². The molecule has 3 rings (SSSR count). The maximum absolute atomic E-state index is 12.6. The van der Waals surface area contributed by atoms with E-state index in [-0.39, 0.29) is 17.7 Å². The van der Waals surface area contributed by atoms with Gasteiger partial charge < -0.3 is 15.1 Å². The molecular formula is C21H25ClN3O2+. The van der Waals surface area contributed by atoms with Gasteiger partial charge >= 0.3 is 0 Å². The Bertz CT molecular complexity index is 832. The van der Waals surface area contributed by atoms with Gasteiger partial charge in [0.25, 0.3) is 5.91 Å². The number of nitrogens with zero attached hydrogens (tertiary/aromatic N) is 1. The van der Waals surface area contributed by atoms with Gasteiger partial charge in [0.15, 0.2) is 11.8 Å². The van der Waals surface area contributed by atoms with Gasteiger partial charge in [-0.15, -0.1) is 0 Å². The Balaban J connectivity index is 1.57. The van der Waals surface area contributed by atoms with Crippen molar-refractivity contribution >= 4 is 34.7 Å². The van der Waals surface area contributed by atoms with E-state index < -0.39 is 0 Å². The number of amides is 1. The SMILES string of the molecule is CC(=O)c1cccc(NC(=O)[C@@H](C)[NH+]2CCN(c3cccc(Cl)c3)CC2)c1. The third-order valence-corrected chi connectivity index (χ3v) is 5.36. The normalized spacial score (nSPS) is 16.0. The lowest BCUT2D eigenvalue weighted by Crippen LogP contribution is -3.19. The van der Waals surface area contributed by atoms with Crippen LogP contribution >= 0.6 is 11.6 Å². The average Bonchev–Trinajstić information content (AvgIpc) is 2.67. The predicted molar refractivity (Wildman–Crippen MR) is 109 cm³/mol. The van der Waals surface area contributed by atoms with Gasteiger partial charge in [0.2, 0.25) is 0 Å². The van der Waals surface area contributed by atoms with Gasteiger partial charge in [0, 0.05) is 22.0 Å². The molecule has 1 aliphatic rings. The Labute approximate surface area is 164 Å². The second-order valence-electron chi connectivity index (χ2n) is 6.97. The average molecular weight is 387 g/mol. The third-order valence-electron chi connectivity index (χ3n) is 5.12. The Hall–Kier alpha value is -2.37. The van der Waals surface area contributed by atoms with Crippen LogP contribution in [-0.2, 0) is 4.79 Å². The van der Waals surface area contributed by atoms with E-state index in [0.717, 1.165) is 36.9 Å². The number of rotatable bonds is 5. The summed E-state index contributed by atoms with van der Waals surface area (Å²) in [5.41, 5.74) is 2.39. The van der Waals surface area contributed by atoms with Gasteiger partial charge in [-0.05, 0) is 44.2 Å². The molecule has 27 heavy (non-hydrogen) atoms. The molecule has 5 nitrogen and oxygen atoms in total. The molecule has 1 fully saturated rings. The number of hydrogen-bond acceptors (Lipinski definition) is 3. The Morgan fingerprint density at radius 2 is 1.81 bits per heavy atom. The lowest BCUT2D eigenvalue weighted by molar-refractivity contribution is -0.914. The fourth-order valence-corrected chi connectivity index (χ4v) is 3.59. The molecule has 2 N–H and O–H groups in total. The molecule has 1 heterocycles. The van der Waals surface area contributed by atoms with E-state index in [4.69, 9.17) is 11.6 Å². The fraction of sp³-hybridized carbons (Fsp3) is 0.333. The van der Waals surface area contributed by atoms with E-state index in [0.29, 0.717) is 11.3 Å². The van der Waals surface area contributed by atoms with Crippen molar-refractivity contribution in [2.24, 2.45) is 0 Å². The first-order chi connectivity index (χ1) is 12.9. The van der Waals surface area contributed by atoms with Gasteiger partial charge in [-0.25, -0.2) is 0 Å². The highest BCUT2D eigenvalue weighted by Gasteiger charge is 2.29. The lowest BCUT2D eigenvalue weighted by Gasteiger charge is -2.36. The van der Waals surface area contributed by atoms with Crippen molar-refractivity contribution in [2.75, 3.05) is 36.4 Å². The molecule has 0 bridgehead atoms. The van der Waals surface area contributed by atoms with E-state index in [1.165, 1.54) is 11.8 Å². The van der Waals surface area contributed by atoms with Gasteiger partial charge in [-0.1, -0.05) is 29.8 Å². The van der Waals surface area contributed by atoms with Crippen molar-refractivity contribution in [3.05, 3.63) is 59.1 Å². The monoisotopic (exact) mass is 386 g/mol. The van der Waals surface area contributed by atoms with Gasteiger partial charge in [0.05, 0.1) is 26.2 Å². The molecule has 1 aliphatic heterocycles. The number of quaternary nitrogens is 1. The Kier molecular flexibility index (Phi) is 6.14. The van der Waals surface area contributed by atoms with E-state index in [9.17, 15) is 9.59 Å². The summed E-state index contributed by atoms with van der Waals surface area (Å²) in [6, 6.07) is 14.8. The summed E-state index contributed by atoms with van der Waals surface area (Å²) in [6.45, 7) is 7.01. The second-order valence-corrected chi connectivity index (χ2v) is 7.41. The molecule has 142 valence electrons. The number of ketones is 1. The van der Waals surface area contributed by atoms with Crippen molar-refractivity contribution in [1.29, 1.82) is 0 Å². The number of carbonyl (C=O) groups is 2. The molecule has 0 aliphatic carbocycles. The number of hydrogen-bond donors (Lipinski definition) is 2. The standard InChI is InChI=1S/C21H24ClN3O2/c1-15(21(27)23-19-7-3-5-17(13-19)16(2)26)24-9-11-25(12-10-24)20-8-4-6-18(22)14-20/h3-8,13-15H,9-12H2,1-2H3,(H,23,27)/p+1/t15-/m1/s1. The van der Waals surface area contributed by atoms with Crippen molar-refractivity contribution < 1.29 is 14.5 Å². The van der Waals surface area contributed by atoms with Crippen molar-refractivity contribution in [3.8, 4) is 0 Å². The van der Waals surface area contributed by atoms with E-state index in [2.05, 4.69) is 16.3 Å². The van der Waals surface area contributed by atoms with Crippen LogP contribution in [0.3, 0.4) is 0 Å². The largest absolute Gasteiger partial charge is 0.360 e.